The molecule has 21 heavy (non-hydrogen) atoms. The third-order valence-electron chi connectivity index (χ3n) is 2.56. The molecule has 1 aromatic rings. The van der Waals surface area contributed by atoms with Gasteiger partial charge in [-0.3, -0.25) is 0 Å². The van der Waals surface area contributed by atoms with Gasteiger partial charge in [-0.1, -0.05) is 18.2 Å². The number of anilines is 1. The lowest BCUT2D eigenvalue weighted by molar-refractivity contribution is 0.144. The standard InChI is InChI=1S/C14H22N2O4S/c1-2-3-9-19-10-8-16-21(17,18)12-11-20-14-7-5-4-6-13(14)15/h2,4-7,16H,1,3,8-12,15H2. The van der Waals surface area contributed by atoms with Crippen molar-refractivity contribution in [3.05, 3.63) is 36.9 Å². The van der Waals surface area contributed by atoms with Crippen molar-refractivity contribution >= 4 is 15.7 Å². The summed E-state index contributed by atoms with van der Waals surface area (Å²) < 4.78 is 36.4. The van der Waals surface area contributed by atoms with Crippen molar-refractivity contribution in [2.45, 2.75) is 6.42 Å². The number of nitrogens with two attached hydrogens (primary N) is 1. The second-order valence-electron chi connectivity index (χ2n) is 4.29. The highest BCUT2D eigenvalue weighted by atomic mass is 32.2. The van der Waals surface area contributed by atoms with Crippen LogP contribution < -0.4 is 15.2 Å². The maximum Gasteiger partial charge on any atom is 0.215 e. The summed E-state index contributed by atoms with van der Waals surface area (Å²) in [4.78, 5) is 0. The van der Waals surface area contributed by atoms with Crippen LogP contribution in [0.4, 0.5) is 5.69 Å². The maximum absolute atomic E-state index is 11.7. The molecule has 7 heteroatoms. The summed E-state index contributed by atoms with van der Waals surface area (Å²) in [6, 6.07) is 6.96. The number of ether oxygens (including phenoxy) is 2. The van der Waals surface area contributed by atoms with E-state index in [1.54, 1.807) is 30.3 Å². The van der Waals surface area contributed by atoms with E-state index in [1.165, 1.54) is 0 Å². The molecule has 1 rings (SSSR count). The summed E-state index contributed by atoms with van der Waals surface area (Å²) in [5.74, 6) is 0.356. The summed E-state index contributed by atoms with van der Waals surface area (Å²) >= 11 is 0. The van der Waals surface area contributed by atoms with E-state index in [9.17, 15) is 8.42 Å². The van der Waals surface area contributed by atoms with Crippen molar-refractivity contribution in [3.8, 4) is 5.75 Å². The highest BCUT2D eigenvalue weighted by Crippen LogP contribution is 2.19. The van der Waals surface area contributed by atoms with Gasteiger partial charge in [0.05, 0.1) is 24.7 Å². The molecule has 0 saturated heterocycles. The average Bonchev–Trinajstić information content (AvgIpc) is 2.45. The number of hydrogen-bond donors (Lipinski definition) is 2. The Bertz CT molecular complexity index is 532. The molecule has 0 aliphatic heterocycles. The van der Waals surface area contributed by atoms with Crippen molar-refractivity contribution in [2.75, 3.05) is 37.9 Å². The van der Waals surface area contributed by atoms with Crippen LogP contribution in [-0.4, -0.2) is 40.5 Å². The fourth-order valence-corrected chi connectivity index (χ4v) is 2.32. The van der Waals surface area contributed by atoms with Gasteiger partial charge in [0.1, 0.15) is 12.4 Å². The Balaban J connectivity index is 2.21. The Labute approximate surface area is 126 Å². The number of para-hydroxylation sites is 2. The van der Waals surface area contributed by atoms with E-state index in [2.05, 4.69) is 11.3 Å². The molecule has 0 bridgehead atoms. The monoisotopic (exact) mass is 314 g/mol. The van der Waals surface area contributed by atoms with Gasteiger partial charge in [0.15, 0.2) is 0 Å². The van der Waals surface area contributed by atoms with E-state index in [1.807, 2.05) is 0 Å². The van der Waals surface area contributed by atoms with Crippen LogP contribution in [0.2, 0.25) is 0 Å². The van der Waals surface area contributed by atoms with Gasteiger partial charge in [-0.15, -0.1) is 6.58 Å². The number of hydrogen-bond acceptors (Lipinski definition) is 5. The van der Waals surface area contributed by atoms with Crippen molar-refractivity contribution in [1.29, 1.82) is 0 Å². The largest absolute Gasteiger partial charge is 0.490 e. The van der Waals surface area contributed by atoms with Crippen LogP contribution in [0.1, 0.15) is 6.42 Å². The number of benzene rings is 1. The molecule has 0 fully saturated rings. The lowest BCUT2D eigenvalue weighted by atomic mass is 10.3. The normalized spacial score (nSPS) is 11.2. The number of sulfonamides is 1. The van der Waals surface area contributed by atoms with Crippen LogP contribution in [0.5, 0.6) is 5.75 Å². The Morgan fingerprint density at radius 2 is 2.00 bits per heavy atom. The molecule has 0 saturated carbocycles. The SMILES string of the molecule is C=CCCOCCNS(=O)(=O)CCOc1ccccc1N. The topological polar surface area (TPSA) is 90.6 Å². The van der Waals surface area contributed by atoms with Gasteiger partial charge in [0.25, 0.3) is 0 Å². The summed E-state index contributed by atoms with van der Waals surface area (Å²) in [6.45, 7) is 4.73. The molecule has 0 heterocycles. The summed E-state index contributed by atoms with van der Waals surface area (Å²) in [5.41, 5.74) is 6.18. The molecule has 0 unspecified atom stereocenters. The van der Waals surface area contributed by atoms with E-state index < -0.39 is 10.0 Å². The highest BCUT2D eigenvalue weighted by Gasteiger charge is 2.10. The van der Waals surface area contributed by atoms with Gasteiger partial charge in [0, 0.05) is 6.54 Å². The van der Waals surface area contributed by atoms with Gasteiger partial charge >= 0.3 is 0 Å². The predicted octanol–water partition coefficient (Wildman–Crippen LogP) is 1.16. The third kappa shape index (κ3) is 7.69. The number of nitrogens with one attached hydrogen (secondary N) is 1. The first-order chi connectivity index (χ1) is 10.0. The van der Waals surface area contributed by atoms with Crippen LogP contribution >= 0.6 is 0 Å². The molecule has 0 aromatic heterocycles. The lowest BCUT2D eigenvalue weighted by Crippen LogP contribution is -2.31. The van der Waals surface area contributed by atoms with Gasteiger partial charge in [-0.05, 0) is 18.6 Å². The first-order valence-electron chi connectivity index (χ1n) is 6.68. The minimum atomic E-state index is -3.37. The zero-order valence-electron chi connectivity index (χ0n) is 12.0. The molecular weight excluding hydrogens is 292 g/mol. The van der Waals surface area contributed by atoms with Gasteiger partial charge < -0.3 is 15.2 Å². The highest BCUT2D eigenvalue weighted by molar-refractivity contribution is 7.89. The van der Waals surface area contributed by atoms with Crippen molar-refractivity contribution in [3.63, 3.8) is 0 Å². The van der Waals surface area contributed by atoms with Crippen molar-refractivity contribution in [2.24, 2.45) is 0 Å². The minimum Gasteiger partial charge on any atom is -0.490 e. The second-order valence-corrected chi connectivity index (χ2v) is 6.22. The molecule has 0 amide bonds. The fraction of sp³-hybridized carbons (Fsp3) is 0.429. The Hall–Kier alpha value is -1.57. The molecule has 118 valence electrons. The molecule has 6 nitrogen and oxygen atoms in total. The van der Waals surface area contributed by atoms with Gasteiger partial charge in [-0.2, -0.15) is 0 Å². The minimum absolute atomic E-state index is 0.0425. The molecule has 0 atom stereocenters. The van der Waals surface area contributed by atoms with E-state index in [0.29, 0.717) is 24.7 Å². The van der Waals surface area contributed by atoms with Gasteiger partial charge in [0.2, 0.25) is 10.0 Å². The molecule has 0 spiro atoms. The first kappa shape index (κ1) is 17.5. The van der Waals surface area contributed by atoms with E-state index >= 15 is 0 Å². The quantitative estimate of drug-likeness (QED) is 0.363. The van der Waals surface area contributed by atoms with Gasteiger partial charge in [-0.25, -0.2) is 13.1 Å². The molecule has 3 N–H and O–H groups in total. The molecule has 0 aliphatic carbocycles. The Kier molecular flexibility index (Phi) is 7.81. The van der Waals surface area contributed by atoms with E-state index in [0.717, 1.165) is 6.42 Å². The van der Waals surface area contributed by atoms with Crippen molar-refractivity contribution in [1.82, 2.24) is 4.72 Å². The summed E-state index contributed by atoms with van der Waals surface area (Å²) in [7, 11) is -3.37. The zero-order chi connectivity index (χ0) is 15.6. The van der Waals surface area contributed by atoms with Crippen LogP contribution in [0.15, 0.2) is 36.9 Å². The predicted molar refractivity (Wildman–Crippen MR) is 83.8 cm³/mol. The molecule has 1 aromatic carbocycles. The zero-order valence-corrected chi connectivity index (χ0v) is 12.8. The smallest absolute Gasteiger partial charge is 0.215 e. The number of nitrogen functional groups attached to an aromatic ring is 1. The second kappa shape index (κ2) is 9.38. The Morgan fingerprint density at radius 1 is 1.24 bits per heavy atom. The molecule has 0 radical (unpaired) electrons. The first-order valence-corrected chi connectivity index (χ1v) is 8.33. The van der Waals surface area contributed by atoms with Crippen LogP contribution in [0.25, 0.3) is 0 Å². The lowest BCUT2D eigenvalue weighted by Gasteiger charge is -2.10. The van der Waals surface area contributed by atoms with E-state index in [-0.39, 0.29) is 18.9 Å². The third-order valence-corrected chi connectivity index (χ3v) is 3.91. The molecule has 0 aliphatic rings. The number of rotatable bonds is 11. The van der Waals surface area contributed by atoms with Crippen molar-refractivity contribution < 1.29 is 17.9 Å². The summed E-state index contributed by atoms with van der Waals surface area (Å²) in [6.07, 6.45) is 2.50. The molecular formula is C14H22N2O4S. The maximum atomic E-state index is 11.7. The van der Waals surface area contributed by atoms with E-state index in [4.69, 9.17) is 15.2 Å². The average molecular weight is 314 g/mol. The fourth-order valence-electron chi connectivity index (χ4n) is 1.48. The summed E-state index contributed by atoms with van der Waals surface area (Å²) in [5, 5.41) is 0. The van der Waals surface area contributed by atoms with Crippen LogP contribution in [-0.2, 0) is 14.8 Å². The Morgan fingerprint density at radius 3 is 2.71 bits per heavy atom. The van der Waals surface area contributed by atoms with Crippen LogP contribution in [0.3, 0.4) is 0 Å². The van der Waals surface area contributed by atoms with Crippen LogP contribution in [0, 0.1) is 0 Å².